The van der Waals surface area contributed by atoms with Crippen LogP contribution in [0.4, 0.5) is 5.82 Å². The van der Waals surface area contributed by atoms with Gasteiger partial charge in [-0.25, -0.2) is 4.79 Å². The number of benzene rings is 1. The largest absolute Gasteiger partial charge is 0.497 e. The molecular formula is C21H27N3O7. The minimum Gasteiger partial charge on any atom is -0.497 e. The Morgan fingerprint density at radius 3 is 2.55 bits per heavy atom. The smallest absolute Gasteiger partial charge is 0.343 e. The number of aliphatic hydroxyl groups is 1. The van der Waals surface area contributed by atoms with Crippen molar-refractivity contribution in [3.63, 3.8) is 0 Å². The fourth-order valence-corrected chi connectivity index (χ4v) is 4.05. The summed E-state index contributed by atoms with van der Waals surface area (Å²) in [4.78, 5) is 22.9. The summed E-state index contributed by atoms with van der Waals surface area (Å²) < 4.78 is 10.6. The van der Waals surface area contributed by atoms with E-state index in [0.29, 0.717) is 49.6 Å². The Morgan fingerprint density at radius 1 is 1.26 bits per heavy atom. The summed E-state index contributed by atoms with van der Waals surface area (Å²) >= 11 is 0. The van der Waals surface area contributed by atoms with Gasteiger partial charge in [0.2, 0.25) is 0 Å². The Bertz CT molecular complexity index is 924. The van der Waals surface area contributed by atoms with Gasteiger partial charge < -0.3 is 34.8 Å². The second kappa shape index (κ2) is 9.36. The van der Waals surface area contributed by atoms with Crippen LogP contribution in [-0.4, -0.2) is 71.3 Å². The molecule has 1 aromatic carbocycles. The molecule has 31 heavy (non-hydrogen) atoms. The molecule has 10 nitrogen and oxygen atoms in total. The summed E-state index contributed by atoms with van der Waals surface area (Å²) in [6.45, 7) is 3.68. The number of rotatable bonds is 4. The maximum absolute atomic E-state index is 12.0. The predicted octanol–water partition coefficient (Wildman–Crippen LogP) is 1.69. The molecule has 2 fully saturated rings. The van der Waals surface area contributed by atoms with Gasteiger partial charge >= 0.3 is 5.97 Å². The van der Waals surface area contributed by atoms with Gasteiger partial charge in [0.05, 0.1) is 12.7 Å². The van der Waals surface area contributed by atoms with Gasteiger partial charge in [0.25, 0.3) is 5.97 Å². The summed E-state index contributed by atoms with van der Waals surface area (Å²) in [6.07, 6.45) is 1.30. The molecule has 3 heterocycles. The molecule has 0 saturated carbocycles. The highest BCUT2D eigenvalue weighted by molar-refractivity contribution is 5.99. The fraction of sp³-hybridized carbons (Fsp3) is 0.476. The standard InChI is InChI=1S/C19H23N3O5.C2H4O2/c1-26-14-4-2-12(3-5-14)16-15(18(23)24)17(21-27-16)22-9-7-19(25)6-8-20-10-13(19)11-22;1-2(3)4/h2-5,13,20,25H,6-11H2,1H3,(H,23,24);1H3,(H,3,4)/t13-,19-;/m0./s1. The molecule has 1 aromatic heterocycles. The molecule has 2 aliphatic rings. The van der Waals surface area contributed by atoms with Crippen LogP contribution in [0.15, 0.2) is 28.8 Å². The first kappa shape index (κ1) is 22.6. The van der Waals surface area contributed by atoms with Gasteiger partial charge in [0.15, 0.2) is 17.1 Å². The van der Waals surface area contributed by atoms with Gasteiger partial charge in [-0.15, -0.1) is 0 Å². The van der Waals surface area contributed by atoms with Crippen LogP contribution in [0, 0.1) is 5.92 Å². The van der Waals surface area contributed by atoms with E-state index in [9.17, 15) is 15.0 Å². The molecule has 2 aliphatic heterocycles. The molecule has 4 rings (SSSR count). The molecule has 0 amide bonds. The monoisotopic (exact) mass is 433 g/mol. The number of carboxylic acid groups (broad SMARTS) is 2. The first-order chi connectivity index (χ1) is 14.7. The van der Waals surface area contributed by atoms with Crippen LogP contribution in [0.5, 0.6) is 5.75 Å². The number of fused-ring (bicyclic) bond motifs is 1. The van der Waals surface area contributed by atoms with E-state index in [0.717, 1.165) is 13.5 Å². The zero-order valence-corrected chi connectivity index (χ0v) is 17.5. The average molecular weight is 433 g/mol. The lowest BCUT2D eigenvalue weighted by Gasteiger charge is -2.47. The highest BCUT2D eigenvalue weighted by atomic mass is 16.5. The van der Waals surface area contributed by atoms with E-state index < -0.39 is 17.5 Å². The molecule has 2 aromatic rings. The third-order valence-electron chi connectivity index (χ3n) is 5.68. The Labute approximate surface area is 179 Å². The Hall–Kier alpha value is -3.11. The van der Waals surface area contributed by atoms with E-state index in [2.05, 4.69) is 10.5 Å². The maximum atomic E-state index is 12.0. The zero-order valence-electron chi connectivity index (χ0n) is 17.5. The van der Waals surface area contributed by atoms with Crippen molar-refractivity contribution in [3.8, 4) is 17.1 Å². The molecule has 2 atom stereocenters. The lowest BCUT2D eigenvalue weighted by atomic mass is 9.76. The topological polar surface area (TPSA) is 145 Å². The highest BCUT2D eigenvalue weighted by Gasteiger charge is 2.44. The van der Waals surface area contributed by atoms with Crippen LogP contribution in [0.1, 0.15) is 30.1 Å². The third-order valence-corrected chi connectivity index (χ3v) is 5.68. The number of hydrogen-bond acceptors (Lipinski definition) is 8. The van der Waals surface area contributed by atoms with Gasteiger partial charge in [-0.1, -0.05) is 5.16 Å². The average Bonchev–Trinajstić information content (AvgIpc) is 3.18. The molecular weight excluding hydrogens is 406 g/mol. The van der Waals surface area contributed by atoms with Crippen molar-refractivity contribution in [1.82, 2.24) is 10.5 Å². The van der Waals surface area contributed by atoms with Crippen LogP contribution in [-0.2, 0) is 4.79 Å². The van der Waals surface area contributed by atoms with Crippen LogP contribution in [0.25, 0.3) is 11.3 Å². The van der Waals surface area contributed by atoms with E-state index >= 15 is 0 Å². The number of nitrogens with one attached hydrogen (secondary N) is 1. The van der Waals surface area contributed by atoms with Crippen LogP contribution < -0.4 is 15.0 Å². The molecule has 10 heteroatoms. The van der Waals surface area contributed by atoms with Crippen LogP contribution >= 0.6 is 0 Å². The molecule has 0 bridgehead atoms. The number of carboxylic acids is 2. The quantitative estimate of drug-likeness (QED) is 0.562. The molecule has 2 saturated heterocycles. The fourth-order valence-electron chi connectivity index (χ4n) is 4.05. The van der Waals surface area contributed by atoms with Crippen molar-refractivity contribution in [3.05, 3.63) is 29.8 Å². The number of methoxy groups -OCH3 is 1. The predicted molar refractivity (Wildman–Crippen MR) is 112 cm³/mol. The van der Waals surface area contributed by atoms with E-state index in [1.54, 1.807) is 31.4 Å². The Kier molecular flexibility index (Phi) is 6.81. The molecule has 0 spiro atoms. The van der Waals surface area contributed by atoms with Gasteiger partial charge in [0.1, 0.15) is 5.75 Å². The second-order valence-corrected chi connectivity index (χ2v) is 7.71. The van der Waals surface area contributed by atoms with E-state index in [1.807, 2.05) is 4.90 Å². The van der Waals surface area contributed by atoms with E-state index in [4.69, 9.17) is 19.2 Å². The summed E-state index contributed by atoms with van der Waals surface area (Å²) in [5.74, 6) is -0.665. The van der Waals surface area contributed by atoms with Crippen molar-refractivity contribution >= 4 is 17.8 Å². The molecule has 168 valence electrons. The first-order valence-electron chi connectivity index (χ1n) is 10.00. The number of anilines is 1. The minimum atomic E-state index is -1.08. The van der Waals surface area contributed by atoms with Crippen molar-refractivity contribution in [2.24, 2.45) is 5.92 Å². The zero-order chi connectivity index (χ0) is 22.6. The van der Waals surface area contributed by atoms with E-state index in [1.165, 1.54) is 0 Å². The molecule has 0 aliphatic carbocycles. The van der Waals surface area contributed by atoms with Crippen molar-refractivity contribution in [2.45, 2.75) is 25.4 Å². The molecule has 4 N–H and O–H groups in total. The number of piperidine rings is 2. The number of carbonyl (C=O) groups is 2. The molecule has 0 radical (unpaired) electrons. The van der Waals surface area contributed by atoms with Gasteiger partial charge in [-0.05, 0) is 43.7 Å². The number of aromatic carboxylic acids is 1. The number of nitrogens with zero attached hydrogens (tertiary/aromatic N) is 2. The van der Waals surface area contributed by atoms with Crippen LogP contribution in [0.3, 0.4) is 0 Å². The van der Waals surface area contributed by atoms with Crippen molar-refractivity contribution in [1.29, 1.82) is 0 Å². The Balaban J connectivity index is 0.000000628. The summed E-state index contributed by atoms with van der Waals surface area (Å²) in [5.41, 5.74) is -0.0117. The first-order valence-corrected chi connectivity index (χ1v) is 10.00. The Morgan fingerprint density at radius 2 is 1.94 bits per heavy atom. The van der Waals surface area contributed by atoms with Gasteiger partial charge in [-0.3, -0.25) is 4.79 Å². The minimum absolute atomic E-state index is 0.0304. The summed E-state index contributed by atoms with van der Waals surface area (Å²) in [5, 5.41) is 35.4. The van der Waals surface area contributed by atoms with Crippen molar-refractivity contribution < 1.29 is 34.2 Å². The third kappa shape index (κ3) is 4.97. The normalized spacial score (nSPS) is 22.7. The summed E-state index contributed by atoms with van der Waals surface area (Å²) in [7, 11) is 1.57. The van der Waals surface area contributed by atoms with Gasteiger partial charge in [0, 0.05) is 38.0 Å². The highest BCUT2D eigenvalue weighted by Crippen LogP contribution is 2.38. The number of hydrogen-bond donors (Lipinski definition) is 4. The van der Waals surface area contributed by atoms with Crippen LogP contribution in [0.2, 0.25) is 0 Å². The number of ether oxygens (including phenoxy) is 1. The number of aromatic nitrogens is 1. The second-order valence-electron chi connectivity index (χ2n) is 7.71. The van der Waals surface area contributed by atoms with Crippen molar-refractivity contribution in [2.75, 3.05) is 38.2 Å². The van der Waals surface area contributed by atoms with E-state index in [-0.39, 0.29) is 17.2 Å². The SMILES string of the molecule is CC(=O)O.COc1ccc(-c2onc(N3CC[C@@]4(O)CCNC[C@H]4C3)c2C(=O)O)cc1. The van der Waals surface area contributed by atoms with Gasteiger partial charge in [-0.2, -0.15) is 0 Å². The molecule has 0 unspecified atom stereocenters. The maximum Gasteiger partial charge on any atom is 0.343 e. The lowest BCUT2D eigenvalue weighted by molar-refractivity contribution is -0.134. The summed E-state index contributed by atoms with van der Waals surface area (Å²) in [6, 6.07) is 6.99. The number of aliphatic carboxylic acids is 1. The lowest BCUT2D eigenvalue weighted by Crippen LogP contribution is -2.59.